The predicted octanol–water partition coefficient (Wildman–Crippen LogP) is 2.43. The molecule has 0 bridgehead atoms. The van der Waals surface area contributed by atoms with Crippen LogP contribution in [0.2, 0.25) is 5.02 Å². The van der Waals surface area contributed by atoms with E-state index in [9.17, 15) is 5.11 Å². The summed E-state index contributed by atoms with van der Waals surface area (Å²) in [7, 11) is 1.55. The number of aliphatic hydroxyl groups is 1. The summed E-state index contributed by atoms with van der Waals surface area (Å²) in [6.07, 6.45) is 0.325. The van der Waals surface area contributed by atoms with E-state index in [1.54, 1.807) is 13.2 Å². The Morgan fingerprint density at radius 2 is 2.10 bits per heavy atom. The SMILES string of the molecule is COCO[C@H](c1ccccc1Cl)[C@@H](C)OC(O)NC1CC1. The Hall–Kier alpha value is -0.690. The first-order valence-corrected chi connectivity index (χ1v) is 7.44. The third-order valence-electron chi connectivity index (χ3n) is 3.30. The zero-order valence-electron chi connectivity index (χ0n) is 12.3. The van der Waals surface area contributed by atoms with Gasteiger partial charge in [-0.3, -0.25) is 5.32 Å². The van der Waals surface area contributed by atoms with E-state index in [1.807, 2.05) is 25.1 Å². The summed E-state index contributed by atoms with van der Waals surface area (Å²) in [5.74, 6) is 0. The number of ether oxygens (including phenoxy) is 3. The van der Waals surface area contributed by atoms with Gasteiger partial charge in [-0.2, -0.15) is 0 Å². The standard InChI is InChI=1S/C15H22ClNO4/c1-10(21-15(18)17-11-7-8-11)14(20-9-19-2)12-5-3-4-6-13(12)16/h3-6,10-11,14-15,17-18H,7-9H2,1-2H3/t10-,14+,15?/m1/s1. The second kappa shape index (κ2) is 8.08. The molecule has 0 heterocycles. The Balaban J connectivity index is 2.01. The van der Waals surface area contributed by atoms with Crippen molar-refractivity contribution in [2.75, 3.05) is 13.9 Å². The Kier molecular flexibility index (Phi) is 6.41. The summed E-state index contributed by atoms with van der Waals surface area (Å²) >= 11 is 6.22. The average molecular weight is 316 g/mol. The highest BCUT2D eigenvalue weighted by molar-refractivity contribution is 6.31. The van der Waals surface area contributed by atoms with Gasteiger partial charge in [-0.05, 0) is 25.8 Å². The van der Waals surface area contributed by atoms with Gasteiger partial charge in [-0.15, -0.1) is 0 Å². The fourth-order valence-electron chi connectivity index (χ4n) is 2.09. The lowest BCUT2D eigenvalue weighted by Crippen LogP contribution is -2.38. The third-order valence-corrected chi connectivity index (χ3v) is 3.65. The predicted molar refractivity (Wildman–Crippen MR) is 79.9 cm³/mol. The highest BCUT2D eigenvalue weighted by Gasteiger charge is 2.28. The zero-order chi connectivity index (χ0) is 15.2. The van der Waals surface area contributed by atoms with Gasteiger partial charge in [0.05, 0.1) is 6.10 Å². The molecule has 2 N–H and O–H groups in total. The van der Waals surface area contributed by atoms with Crippen molar-refractivity contribution >= 4 is 11.6 Å². The fraction of sp³-hybridized carbons (Fsp3) is 0.600. The number of hydrogen-bond acceptors (Lipinski definition) is 5. The molecule has 1 saturated carbocycles. The van der Waals surface area contributed by atoms with Crippen molar-refractivity contribution < 1.29 is 19.3 Å². The van der Waals surface area contributed by atoms with Crippen LogP contribution in [0.3, 0.4) is 0 Å². The molecule has 5 nitrogen and oxygen atoms in total. The van der Waals surface area contributed by atoms with Crippen molar-refractivity contribution in [1.29, 1.82) is 0 Å². The maximum atomic E-state index is 9.87. The molecular formula is C15H22ClNO4. The molecule has 0 spiro atoms. The summed E-state index contributed by atoms with van der Waals surface area (Å²) < 4.78 is 16.2. The molecule has 2 rings (SSSR count). The summed E-state index contributed by atoms with van der Waals surface area (Å²) in [5.41, 5.74) is 0.808. The molecule has 1 aromatic carbocycles. The van der Waals surface area contributed by atoms with E-state index in [2.05, 4.69) is 5.32 Å². The molecule has 0 radical (unpaired) electrons. The summed E-state index contributed by atoms with van der Waals surface area (Å²) in [5, 5.41) is 13.4. The van der Waals surface area contributed by atoms with Crippen LogP contribution in [0.25, 0.3) is 0 Å². The van der Waals surface area contributed by atoms with Gasteiger partial charge in [-0.1, -0.05) is 29.8 Å². The molecule has 1 aromatic rings. The first kappa shape index (κ1) is 16.7. The molecule has 118 valence electrons. The Morgan fingerprint density at radius 1 is 1.38 bits per heavy atom. The molecule has 6 heteroatoms. The Labute approximate surface area is 130 Å². The largest absolute Gasteiger partial charge is 0.359 e. The third kappa shape index (κ3) is 5.21. The van der Waals surface area contributed by atoms with E-state index in [-0.39, 0.29) is 12.9 Å². The van der Waals surface area contributed by atoms with Crippen molar-refractivity contribution in [1.82, 2.24) is 5.32 Å². The highest BCUT2D eigenvalue weighted by atomic mass is 35.5. The molecule has 1 unspecified atom stereocenters. The number of benzene rings is 1. The van der Waals surface area contributed by atoms with Crippen LogP contribution in [0.4, 0.5) is 0 Å². The van der Waals surface area contributed by atoms with E-state index in [0.717, 1.165) is 18.4 Å². The first-order chi connectivity index (χ1) is 10.1. The van der Waals surface area contributed by atoms with Gasteiger partial charge in [0.1, 0.15) is 12.9 Å². The van der Waals surface area contributed by atoms with Crippen molar-refractivity contribution in [2.45, 2.75) is 44.4 Å². The van der Waals surface area contributed by atoms with Gasteiger partial charge in [0.15, 0.2) is 0 Å². The molecule has 0 amide bonds. The molecule has 3 atom stereocenters. The number of methoxy groups -OCH3 is 1. The van der Waals surface area contributed by atoms with Crippen LogP contribution in [-0.4, -0.2) is 37.6 Å². The summed E-state index contributed by atoms with van der Waals surface area (Å²) in [6.45, 7) is 1.96. The smallest absolute Gasteiger partial charge is 0.214 e. The van der Waals surface area contributed by atoms with Crippen LogP contribution in [0.5, 0.6) is 0 Å². The van der Waals surface area contributed by atoms with Gasteiger partial charge < -0.3 is 19.3 Å². The first-order valence-electron chi connectivity index (χ1n) is 7.06. The van der Waals surface area contributed by atoms with Gasteiger partial charge in [0.25, 0.3) is 0 Å². The number of nitrogens with one attached hydrogen (secondary N) is 1. The lowest BCUT2D eigenvalue weighted by molar-refractivity contribution is -0.198. The number of aliphatic hydroxyl groups excluding tert-OH is 1. The van der Waals surface area contributed by atoms with Crippen LogP contribution in [0.1, 0.15) is 31.4 Å². The van der Waals surface area contributed by atoms with E-state index in [0.29, 0.717) is 11.1 Å². The van der Waals surface area contributed by atoms with Crippen molar-refractivity contribution in [2.24, 2.45) is 0 Å². The minimum Gasteiger partial charge on any atom is -0.359 e. The normalized spacial score (nSPS) is 19.2. The minimum atomic E-state index is -1.01. The van der Waals surface area contributed by atoms with Crippen LogP contribution in [-0.2, 0) is 14.2 Å². The quantitative estimate of drug-likeness (QED) is 0.685. The minimum absolute atomic E-state index is 0.121. The highest BCUT2D eigenvalue weighted by Crippen LogP contribution is 2.30. The molecule has 0 aromatic heterocycles. The van der Waals surface area contributed by atoms with E-state index in [4.69, 9.17) is 25.8 Å². The second-order valence-electron chi connectivity index (χ2n) is 5.15. The molecule has 0 aliphatic heterocycles. The van der Waals surface area contributed by atoms with Gasteiger partial charge in [0.2, 0.25) is 6.41 Å². The monoisotopic (exact) mass is 315 g/mol. The van der Waals surface area contributed by atoms with Gasteiger partial charge in [-0.25, -0.2) is 0 Å². The average Bonchev–Trinajstić information content (AvgIpc) is 3.24. The molecule has 1 aliphatic rings. The van der Waals surface area contributed by atoms with Crippen molar-refractivity contribution in [3.63, 3.8) is 0 Å². The van der Waals surface area contributed by atoms with E-state index >= 15 is 0 Å². The molecule has 0 saturated heterocycles. The van der Waals surface area contributed by atoms with Gasteiger partial charge >= 0.3 is 0 Å². The maximum Gasteiger partial charge on any atom is 0.214 e. The van der Waals surface area contributed by atoms with E-state index in [1.165, 1.54) is 0 Å². The Bertz CT molecular complexity index is 441. The lowest BCUT2D eigenvalue weighted by Gasteiger charge is -2.27. The van der Waals surface area contributed by atoms with Crippen LogP contribution in [0.15, 0.2) is 24.3 Å². The number of rotatable bonds is 9. The molecular weight excluding hydrogens is 294 g/mol. The zero-order valence-corrected chi connectivity index (χ0v) is 13.0. The van der Waals surface area contributed by atoms with Gasteiger partial charge in [0, 0.05) is 23.7 Å². The molecule has 1 fully saturated rings. The number of hydrogen-bond donors (Lipinski definition) is 2. The van der Waals surface area contributed by atoms with E-state index < -0.39 is 12.5 Å². The maximum absolute atomic E-state index is 9.87. The number of halogens is 1. The molecule has 1 aliphatic carbocycles. The van der Waals surface area contributed by atoms with Crippen molar-refractivity contribution in [3.05, 3.63) is 34.9 Å². The summed E-state index contributed by atoms with van der Waals surface area (Å²) in [6, 6.07) is 7.77. The second-order valence-corrected chi connectivity index (χ2v) is 5.56. The summed E-state index contributed by atoms with van der Waals surface area (Å²) in [4.78, 5) is 0. The Morgan fingerprint density at radius 3 is 2.71 bits per heavy atom. The lowest BCUT2D eigenvalue weighted by atomic mass is 10.1. The molecule has 21 heavy (non-hydrogen) atoms. The van der Waals surface area contributed by atoms with Crippen LogP contribution in [0, 0.1) is 0 Å². The van der Waals surface area contributed by atoms with Crippen LogP contribution >= 0.6 is 11.6 Å². The fourth-order valence-corrected chi connectivity index (χ4v) is 2.33. The van der Waals surface area contributed by atoms with Crippen molar-refractivity contribution in [3.8, 4) is 0 Å². The topological polar surface area (TPSA) is 60.0 Å². The van der Waals surface area contributed by atoms with Crippen LogP contribution < -0.4 is 5.32 Å².